The van der Waals surface area contributed by atoms with Crippen LogP contribution in [0.3, 0.4) is 0 Å². The average molecular weight is 1330 g/mol. The van der Waals surface area contributed by atoms with Crippen LogP contribution in [0.25, 0.3) is 0 Å². The number of esters is 2. The first-order valence-electron chi connectivity index (χ1n) is 23.2. The Morgan fingerprint density at radius 2 is 1.21 bits per heavy atom. The first-order valence-corrected chi connectivity index (χ1v) is 27.4. The van der Waals surface area contributed by atoms with Gasteiger partial charge in [0.05, 0.1) is 56.7 Å². The number of fused-ring (bicyclic) bond motifs is 1. The van der Waals surface area contributed by atoms with Crippen molar-refractivity contribution in [3.63, 3.8) is 0 Å². The van der Waals surface area contributed by atoms with E-state index in [4.69, 9.17) is 44.1 Å². The highest BCUT2D eigenvalue weighted by atomic mass is 79.9. The van der Waals surface area contributed by atoms with Crippen molar-refractivity contribution in [3.05, 3.63) is 37.0 Å². The maximum atomic E-state index is 12.3. The average Bonchev–Trinajstić information content (AvgIpc) is 3.37. The van der Waals surface area contributed by atoms with Gasteiger partial charge in [0.1, 0.15) is 31.5 Å². The number of methoxy groups -OCH3 is 3. The molecule has 24 nitrogen and oxygen atoms in total. The zero-order valence-corrected chi connectivity index (χ0v) is 49.3. The number of nitrogens with two attached hydrogens (primary N) is 1. The fraction of sp³-hybridized carbons (Fsp3) is 0.651. The number of hydrogen-bond donors (Lipinski definition) is 6. The van der Waals surface area contributed by atoms with Crippen molar-refractivity contribution in [2.75, 3.05) is 80.3 Å². The smallest absolute Gasteiger partial charge is 0.521 e. The third-order valence-electron chi connectivity index (χ3n) is 11.3. The van der Waals surface area contributed by atoms with Crippen LogP contribution in [-0.2, 0) is 47.3 Å². The number of amides is 1. The Bertz CT molecular complexity index is 2140. The second kappa shape index (κ2) is 36.8. The summed E-state index contributed by atoms with van der Waals surface area (Å²) in [6.07, 6.45) is 18.5. The van der Waals surface area contributed by atoms with Gasteiger partial charge in [-0.1, -0.05) is 0 Å². The molecule has 0 radical (unpaired) electrons. The number of carbonyl (C=O) groups is 3. The number of ether oxygens (including phenoxy) is 5. The molecule has 7 rings (SSSR count). The van der Waals surface area contributed by atoms with Crippen LogP contribution in [-0.4, -0.2) is 144 Å². The number of hydrogen-bond acceptors (Lipinski definition) is 23. The summed E-state index contributed by atoms with van der Waals surface area (Å²) in [5.41, 5.74) is 5.70. The van der Waals surface area contributed by atoms with Gasteiger partial charge in [-0.15, -0.1) is 12.4 Å². The minimum Gasteiger partial charge on any atom is -0.565 e. The molecule has 1 aliphatic heterocycles. The molecule has 0 spiro atoms. The maximum Gasteiger partial charge on any atom is 0.521 e. The molecular weight excluding hydrogens is 1260 g/mol. The van der Waals surface area contributed by atoms with Crippen LogP contribution in [0.1, 0.15) is 92.3 Å². The highest BCUT2D eigenvalue weighted by molar-refractivity contribution is 9.11. The van der Waals surface area contributed by atoms with Crippen molar-refractivity contribution in [1.82, 2.24) is 29.9 Å². The van der Waals surface area contributed by atoms with Crippen molar-refractivity contribution in [3.8, 4) is 0 Å². The fourth-order valence-corrected chi connectivity index (χ4v) is 9.19. The fourth-order valence-electron chi connectivity index (χ4n) is 7.69. The van der Waals surface area contributed by atoms with E-state index in [9.17, 15) is 14.4 Å². The molecule has 3 aromatic rings. The number of halogens is 5. The van der Waals surface area contributed by atoms with Gasteiger partial charge in [-0.3, -0.25) is 19.3 Å². The van der Waals surface area contributed by atoms with Crippen LogP contribution < -0.4 is 36.8 Å². The molecule has 30 heteroatoms. The van der Waals surface area contributed by atoms with E-state index < -0.39 is 8.25 Å². The third kappa shape index (κ3) is 25.1. The minimum atomic E-state index is -3.04. The van der Waals surface area contributed by atoms with E-state index in [0.29, 0.717) is 91.1 Å². The predicted molar refractivity (Wildman–Crippen MR) is 291 cm³/mol. The normalized spacial score (nSPS) is 21.0. The summed E-state index contributed by atoms with van der Waals surface area (Å²) in [7, 11) is 2.24. The summed E-state index contributed by atoms with van der Waals surface area (Å²) in [5.74, 6) is 2.44. The molecular formula is C43H68Br4ClN12O12P. The Kier molecular flexibility index (Phi) is 33.3. The van der Waals surface area contributed by atoms with Crippen LogP contribution in [0.5, 0.6) is 0 Å². The monoisotopic (exact) mass is 1330 g/mol. The lowest BCUT2D eigenvalue weighted by Gasteiger charge is -2.38. The van der Waals surface area contributed by atoms with Crippen LogP contribution in [0.15, 0.2) is 37.0 Å². The molecule has 1 atom stereocenters. The van der Waals surface area contributed by atoms with E-state index in [-0.39, 0.29) is 57.4 Å². The lowest BCUT2D eigenvalue weighted by Crippen LogP contribution is -2.49. The van der Waals surface area contributed by atoms with Gasteiger partial charge in [0, 0.05) is 45.6 Å². The first-order chi connectivity index (χ1) is 34.5. The summed E-state index contributed by atoms with van der Waals surface area (Å²) in [5, 5.41) is 19.3. The second-order valence-electron chi connectivity index (χ2n) is 16.1. The van der Waals surface area contributed by atoms with Crippen molar-refractivity contribution < 1.29 is 58.9 Å². The molecule has 0 saturated heterocycles. The van der Waals surface area contributed by atoms with Crippen LogP contribution in [0, 0.1) is 0 Å². The van der Waals surface area contributed by atoms with Gasteiger partial charge in [0.25, 0.3) is 0 Å². The van der Waals surface area contributed by atoms with Crippen LogP contribution in [0.4, 0.5) is 29.1 Å². The van der Waals surface area contributed by atoms with Gasteiger partial charge in [-0.05, 0) is 159 Å². The Hall–Kier alpha value is -3.12. The number of carbonyl (C=O) groups excluding carboxylic acids is 3. The van der Waals surface area contributed by atoms with E-state index in [2.05, 4.69) is 120 Å². The summed E-state index contributed by atoms with van der Waals surface area (Å²) < 4.78 is 39.7. The zero-order chi connectivity index (χ0) is 53.0. The standard InChI is InChI=1S/C15H23BrN4O3.C13H17BrN4O2.C8H9Br2N3O2.C7H15NO.ClH.HO4P.H2/c1-3-23-13(21)9-18-14-15(20-12(16)8-17-14)19-10-4-6-11(22-2)7-5-10;1-20-9-4-2-8(3-5-9)18-11(19)7-16-12-13(18)17-10(14)6-15-12;1-2-15-6(14)4-12-8-7(10)13-5(9)3-11-8;1-9-7-4-2-6(8)3-5-7;;1-4-5(2)3;/h8,10-11H,3-7,9H2,1-2H3,(H,17,18)(H,19,20);6,8-9H,2-5,7H2,1H3,(H,15,16);3H,2,4H2,1H3,(H,11,12);6-7H,2-5,8H2,1H3;1H;1H;1H. The number of nitrogens with zero attached hydrogens (tertiary/aromatic N) is 7. The van der Waals surface area contributed by atoms with Crippen LogP contribution >= 0.6 is 84.4 Å². The summed E-state index contributed by atoms with van der Waals surface area (Å²) in [6.45, 7) is 4.69. The number of aromatic nitrogens is 6. The Morgan fingerprint density at radius 3 is 1.70 bits per heavy atom. The molecule has 4 heterocycles. The third-order valence-corrected chi connectivity index (χ3v) is 13.1. The van der Waals surface area contributed by atoms with Crippen LogP contribution in [0.2, 0.25) is 0 Å². The molecule has 1 amide bonds. The van der Waals surface area contributed by atoms with Crippen molar-refractivity contribution in [2.45, 2.75) is 127 Å². The highest BCUT2D eigenvalue weighted by Crippen LogP contribution is 2.34. The molecule has 3 fully saturated rings. The zero-order valence-electron chi connectivity index (χ0n) is 41.2. The molecule has 4 aliphatic rings. The Labute approximate surface area is 467 Å². The van der Waals surface area contributed by atoms with Crippen molar-refractivity contribution >= 4 is 131 Å². The molecule has 0 bridgehead atoms. The molecule has 3 saturated carbocycles. The van der Waals surface area contributed by atoms with Gasteiger partial charge in [-0.25, -0.2) is 35.2 Å². The van der Waals surface area contributed by atoms with Gasteiger partial charge >= 0.3 is 20.2 Å². The molecule has 1 unspecified atom stereocenters. The van der Waals surface area contributed by atoms with Gasteiger partial charge < -0.3 is 55.6 Å². The van der Waals surface area contributed by atoms with Crippen molar-refractivity contribution in [1.29, 1.82) is 0 Å². The lowest BCUT2D eigenvalue weighted by atomic mass is 9.91. The molecule has 7 N–H and O–H groups in total. The molecule has 3 aliphatic carbocycles. The molecule has 412 valence electrons. The first kappa shape index (κ1) is 66.0. The summed E-state index contributed by atoms with van der Waals surface area (Å²) >= 11 is 13.1. The molecule has 3 aromatic heterocycles. The SMILES string of the molecule is CCOC(=O)CNc1ncc(Br)nc1Br.CCOC(=O)CNc1ncc(Br)nc1NC1CCC(OC)CC1.COC1CCC(N)CC1.COC1CCC(N2C(=O)CNc3ncc(Br)nc32)CC1.Cl.O=[P+]([O-])OO.[HH]. The topological polar surface area (TPSA) is 322 Å². The number of anilines is 5. The number of nitrogens with one attached hydrogen (secondary N) is 4. The van der Waals surface area contributed by atoms with Gasteiger partial charge in [-0.2, -0.15) is 0 Å². The van der Waals surface area contributed by atoms with E-state index in [1.807, 2.05) is 4.90 Å². The van der Waals surface area contributed by atoms with Crippen molar-refractivity contribution in [2.24, 2.45) is 5.73 Å². The lowest BCUT2D eigenvalue weighted by molar-refractivity contribution is -0.244. The summed E-state index contributed by atoms with van der Waals surface area (Å²) in [4.78, 5) is 71.1. The predicted octanol–water partition coefficient (Wildman–Crippen LogP) is 7.58. The van der Waals surface area contributed by atoms with Gasteiger partial charge in [0.15, 0.2) is 29.1 Å². The second-order valence-corrected chi connectivity index (χ2v) is 19.9. The molecule has 73 heavy (non-hydrogen) atoms. The highest BCUT2D eigenvalue weighted by Gasteiger charge is 2.35. The molecule has 0 aromatic carbocycles. The van der Waals surface area contributed by atoms with E-state index in [1.54, 1.807) is 47.6 Å². The van der Waals surface area contributed by atoms with Gasteiger partial charge in [0.2, 0.25) is 5.91 Å². The Balaban J connectivity index is 0.000000492. The van der Waals surface area contributed by atoms with E-state index in [1.165, 1.54) is 6.20 Å². The summed E-state index contributed by atoms with van der Waals surface area (Å²) in [6, 6.07) is 0.961. The minimum absolute atomic E-state index is 0. The largest absolute Gasteiger partial charge is 0.565 e. The van der Waals surface area contributed by atoms with E-state index in [0.717, 1.165) is 77.0 Å². The number of rotatable bonds is 15. The van der Waals surface area contributed by atoms with E-state index >= 15 is 0 Å². The maximum absolute atomic E-state index is 12.3. The Morgan fingerprint density at radius 1 is 0.753 bits per heavy atom. The quantitative estimate of drug-likeness (QED) is 0.0369.